The average molecular weight is 263 g/mol. The van der Waals surface area contributed by atoms with Crippen LogP contribution in [0.4, 0.5) is 5.69 Å². The van der Waals surface area contributed by atoms with Crippen molar-refractivity contribution in [3.63, 3.8) is 0 Å². The number of hydrogen-bond donors (Lipinski definition) is 2. The molecule has 0 radical (unpaired) electrons. The van der Waals surface area contributed by atoms with Crippen molar-refractivity contribution in [2.75, 3.05) is 5.73 Å². The minimum Gasteiger partial charge on any atom is -0.455 e. The Balaban J connectivity index is 2.35. The number of amides is 1. The maximum Gasteiger partial charge on any atom is 0.250 e. The molecule has 0 aliphatic heterocycles. The van der Waals surface area contributed by atoms with Gasteiger partial charge in [0.15, 0.2) is 5.75 Å². The van der Waals surface area contributed by atoms with Gasteiger partial charge in [-0.2, -0.15) is 0 Å². The second kappa shape index (κ2) is 4.98. The quantitative estimate of drug-likeness (QED) is 0.835. The second-order valence-corrected chi connectivity index (χ2v) is 4.08. The zero-order valence-corrected chi connectivity index (χ0v) is 10.1. The molecule has 0 aliphatic rings. The third kappa shape index (κ3) is 2.55. The van der Waals surface area contributed by atoms with E-state index < -0.39 is 5.91 Å². The molecular weight excluding hydrogens is 252 g/mol. The van der Waals surface area contributed by atoms with Gasteiger partial charge < -0.3 is 16.2 Å². The molecule has 2 rings (SSSR count). The van der Waals surface area contributed by atoms with Gasteiger partial charge in [-0.15, -0.1) is 0 Å². The van der Waals surface area contributed by atoms with Gasteiger partial charge in [-0.05, 0) is 30.3 Å². The number of primary amides is 1. The number of para-hydroxylation sites is 1. The molecule has 4 nitrogen and oxygen atoms in total. The van der Waals surface area contributed by atoms with Crippen molar-refractivity contribution >= 4 is 23.2 Å². The van der Waals surface area contributed by atoms with Gasteiger partial charge in [0.2, 0.25) is 0 Å². The van der Waals surface area contributed by atoms with E-state index in [0.29, 0.717) is 16.5 Å². The number of carbonyl (C=O) groups excluding carboxylic acids is 1. The Morgan fingerprint density at radius 3 is 2.56 bits per heavy atom. The zero-order chi connectivity index (χ0) is 13.1. The van der Waals surface area contributed by atoms with Crippen molar-refractivity contribution < 1.29 is 9.53 Å². The summed E-state index contributed by atoms with van der Waals surface area (Å²) in [5, 5.41) is 0.553. The zero-order valence-electron chi connectivity index (χ0n) is 9.39. The van der Waals surface area contributed by atoms with Crippen LogP contribution in [0.3, 0.4) is 0 Å². The summed E-state index contributed by atoms with van der Waals surface area (Å²) in [6, 6.07) is 11.7. The van der Waals surface area contributed by atoms with Gasteiger partial charge in [-0.1, -0.05) is 23.7 Å². The van der Waals surface area contributed by atoms with Crippen LogP contribution in [0.2, 0.25) is 5.02 Å². The van der Waals surface area contributed by atoms with Crippen LogP contribution in [0.1, 0.15) is 10.4 Å². The molecule has 0 heterocycles. The van der Waals surface area contributed by atoms with E-state index in [9.17, 15) is 4.79 Å². The Bertz CT molecular complexity index is 599. The van der Waals surface area contributed by atoms with Gasteiger partial charge in [-0.3, -0.25) is 4.79 Å². The number of hydrogen-bond acceptors (Lipinski definition) is 3. The molecular formula is C13H11ClN2O2. The average Bonchev–Trinajstić information content (AvgIpc) is 2.31. The number of halogens is 1. The van der Waals surface area contributed by atoms with Gasteiger partial charge in [0.05, 0.1) is 11.3 Å². The normalized spacial score (nSPS) is 10.1. The molecule has 2 aromatic carbocycles. The Morgan fingerprint density at radius 2 is 1.89 bits per heavy atom. The van der Waals surface area contributed by atoms with Crippen molar-refractivity contribution in [3.8, 4) is 11.5 Å². The maximum atomic E-state index is 11.1. The first-order chi connectivity index (χ1) is 8.58. The van der Waals surface area contributed by atoms with E-state index in [1.54, 1.807) is 42.5 Å². The minimum absolute atomic E-state index is 0.213. The molecule has 0 fully saturated rings. The fourth-order valence-electron chi connectivity index (χ4n) is 1.51. The topological polar surface area (TPSA) is 78.3 Å². The van der Waals surface area contributed by atoms with Gasteiger partial charge in [0.25, 0.3) is 5.91 Å². The molecule has 0 bridgehead atoms. The van der Waals surface area contributed by atoms with Crippen LogP contribution >= 0.6 is 11.6 Å². The Hall–Kier alpha value is -2.20. The van der Waals surface area contributed by atoms with E-state index in [2.05, 4.69) is 0 Å². The minimum atomic E-state index is -0.593. The summed E-state index contributed by atoms with van der Waals surface area (Å²) in [5.41, 5.74) is 11.5. The van der Waals surface area contributed by atoms with Crippen molar-refractivity contribution in [3.05, 3.63) is 53.1 Å². The molecule has 4 N–H and O–H groups in total. The monoisotopic (exact) mass is 262 g/mol. The predicted octanol–water partition coefficient (Wildman–Crippen LogP) is 2.81. The number of anilines is 1. The maximum absolute atomic E-state index is 11.1. The van der Waals surface area contributed by atoms with Crippen LogP contribution in [0, 0.1) is 0 Å². The van der Waals surface area contributed by atoms with E-state index in [1.165, 1.54) is 0 Å². The number of nitrogens with two attached hydrogens (primary N) is 2. The van der Waals surface area contributed by atoms with Crippen LogP contribution in [0.5, 0.6) is 11.5 Å². The van der Waals surface area contributed by atoms with E-state index in [-0.39, 0.29) is 11.3 Å². The second-order valence-electron chi connectivity index (χ2n) is 3.64. The number of benzene rings is 2. The first-order valence-electron chi connectivity index (χ1n) is 5.19. The molecule has 0 aliphatic carbocycles. The fraction of sp³-hybridized carbons (Fsp3) is 0. The Labute approximate surface area is 109 Å². The van der Waals surface area contributed by atoms with Gasteiger partial charge >= 0.3 is 0 Å². The highest BCUT2D eigenvalue weighted by Gasteiger charge is 2.11. The lowest BCUT2D eigenvalue weighted by Gasteiger charge is -2.10. The molecule has 0 saturated heterocycles. The summed E-state index contributed by atoms with van der Waals surface area (Å²) in [4.78, 5) is 11.1. The SMILES string of the molecule is NC(=O)c1cccc(Oc2cccc(Cl)c2)c1N. The third-order valence-electron chi connectivity index (χ3n) is 2.36. The van der Waals surface area contributed by atoms with Crippen LogP contribution in [0.25, 0.3) is 0 Å². The molecule has 0 unspecified atom stereocenters. The fourth-order valence-corrected chi connectivity index (χ4v) is 1.69. The van der Waals surface area contributed by atoms with Crippen LogP contribution in [0.15, 0.2) is 42.5 Å². The summed E-state index contributed by atoms with van der Waals surface area (Å²) in [6.45, 7) is 0. The lowest BCUT2D eigenvalue weighted by Crippen LogP contribution is -2.13. The summed E-state index contributed by atoms with van der Waals surface area (Å²) < 4.78 is 5.56. The largest absolute Gasteiger partial charge is 0.455 e. The number of carbonyl (C=O) groups is 1. The molecule has 5 heteroatoms. The van der Waals surface area contributed by atoms with Gasteiger partial charge in [0.1, 0.15) is 5.75 Å². The highest BCUT2D eigenvalue weighted by Crippen LogP contribution is 2.30. The molecule has 0 atom stereocenters. The van der Waals surface area contributed by atoms with Crippen molar-refractivity contribution in [1.82, 2.24) is 0 Å². The lowest BCUT2D eigenvalue weighted by atomic mass is 10.1. The number of nitrogen functional groups attached to an aromatic ring is 1. The summed E-state index contributed by atoms with van der Waals surface area (Å²) in [6.07, 6.45) is 0. The molecule has 92 valence electrons. The van der Waals surface area contributed by atoms with E-state index in [0.717, 1.165) is 0 Å². The molecule has 0 saturated carbocycles. The number of ether oxygens (including phenoxy) is 1. The van der Waals surface area contributed by atoms with E-state index >= 15 is 0 Å². The van der Waals surface area contributed by atoms with Crippen molar-refractivity contribution in [1.29, 1.82) is 0 Å². The highest BCUT2D eigenvalue weighted by molar-refractivity contribution is 6.30. The molecule has 0 aromatic heterocycles. The van der Waals surface area contributed by atoms with Gasteiger partial charge in [-0.25, -0.2) is 0 Å². The van der Waals surface area contributed by atoms with E-state index in [4.69, 9.17) is 27.8 Å². The smallest absolute Gasteiger partial charge is 0.250 e. The van der Waals surface area contributed by atoms with Crippen LogP contribution in [-0.4, -0.2) is 5.91 Å². The molecule has 18 heavy (non-hydrogen) atoms. The molecule has 1 amide bonds. The van der Waals surface area contributed by atoms with Crippen molar-refractivity contribution in [2.45, 2.75) is 0 Å². The van der Waals surface area contributed by atoms with Crippen molar-refractivity contribution in [2.24, 2.45) is 5.73 Å². The summed E-state index contributed by atoms with van der Waals surface area (Å²) in [7, 11) is 0. The van der Waals surface area contributed by atoms with Crippen LogP contribution in [-0.2, 0) is 0 Å². The first kappa shape index (κ1) is 12.3. The molecule has 2 aromatic rings. The third-order valence-corrected chi connectivity index (χ3v) is 2.59. The number of rotatable bonds is 3. The summed E-state index contributed by atoms with van der Waals surface area (Å²) >= 11 is 5.85. The standard InChI is InChI=1S/C13H11ClN2O2/c14-8-3-1-4-9(7-8)18-11-6-2-5-10(12(11)15)13(16)17/h1-7H,15H2,(H2,16,17). The first-order valence-corrected chi connectivity index (χ1v) is 5.57. The Kier molecular flexibility index (Phi) is 3.39. The van der Waals surface area contributed by atoms with Crippen LogP contribution < -0.4 is 16.2 Å². The highest BCUT2D eigenvalue weighted by atomic mass is 35.5. The van der Waals surface area contributed by atoms with E-state index in [1.807, 2.05) is 0 Å². The lowest BCUT2D eigenvalue weighted by molar-refractivity contribution is 0.100. The predicted molar refractivity (Wildman–Crippen MR) is 70.9 cm³/mol. The van der Waals surface area contributed by atoms with Gasteiger partial charge in [0, 0.05) is 5.02 Å². The summed E-state index contributed by atoms with van der Waals surface area (Å²) in [5.74, 6) is 0.313. The Morgan fingerprint density at radius 1 is 1.17 bits per heavy atom. The molecule has 0 spiro atoms.